The highest BCUT2D eigenvalue weighted by Crippen LogP contribution is 2.21. The maximum atomic E-state index is 12.0. The van der Waals surface area contributed by atoms with Crippen LogP contribution in [-0.2, 0) is 11.2 Å². The van der Waals surface area contributed by atoms with Gasteiger partial charge in [-0.2, -0.15) is 0 Å². The third kappa shape index (κ3) is 5.33. The van der Waals surface area contributed by atoms with Crippen molar-refractivity contribution < 1.29 is 9.53 Å². The second-order valence-electron chi connectivity index (χ2n) is 5.72. The molecule has 0 heterocycles. The van der Waals surface area contributed by atoms with E-state index < -0.39 is 0 Å². The van der Waals surface area contributed by atoms with E-state index in [0.29, 0.717) is 13.0 Å². The van der Waals surface area contributed by atoms with Crippen molar-refractivity contribution in [2.24, 2.45) is 0 Å². The minimum Gasteiger partial charge on any atom is -0.497 e. The number of nitrogens with two attached hydrogens (primary N) is 1. The minimum atomic E-state index is 0.0729. The minimum absolute atomic E-state index is 0.0729. The van der Waals surface area contributed by atoms with E-state index >= 15 is 0 Å². The lowest BCUT2D eigenvalue weighted by Crippen LogP contribution is -2.26. The summed E-state index contributed by atoms with van der Waals surface area (Å²) >= 11 is 0. The van der Waals surface area contributed by atoms with E-state index in [9.17, 15) is 4.79 Å². The number of amides is 1. The maximum absolute atomic E-state index is 12.0. The molecule has 0 bridgehead atoms. The van der Waals surface area contributed by atoms with Crippen molar-refractivity contribution in [2.75, 3.05) is 19.4 Å². The lowest BCUT2D eigenvalue weighted by molar-refractivity contribution is -0.121. The molecule has 0 radical (unpaired) electrons. The van der Waals surface area contributed by atoms with Crippen LogP contribution in [0.4, 0.5) is 5.69 Å². The van der Waals surface area contributed by atoms with Gasteiger partial charge in [-0.3, -0.25) is 4.79 Å². The van der Waals surface area contributed by atoms with E-state index in [4.69, 9.17) is 10.5 Å². The number of anilines is 1. The van der Waals surface area contributed by atoms with E-state index in [-0.39, 0.29) is 11.8 Å². The Balaban J connectivity index is 1.76. The van der Waals surface area contributed by atoms with Crippen molar-refractivity contribution in [3.05, 3.63) is 59.7 Å². The second-order valence-corrected chi connectivity index (χ2v) is 5.72. The lowest BCUT2D eigenvalue weighted by atomic mass is 9.97. The predicted octanol–water partition coefficient (Wildman–Crippen LogP) is 3.13. The van der Waals surface area contributed by atoms with E-state index in [2.05, 4.69) is 12.2 Å². The molecule has 4 nitrogen and oxygen atoms in total. The van der Waals surface area contributed by atoms with Crippen molar-refractivity contribution >= 4 is 11.6 Å². The fourth-order valence-electron chi connectivity index (χ4n) is 2.43. The van der Waals surface area contributed by atoms with Crippen molar-refractivity contribution in [1.29, 1.82) is 0 Å². The van der Waals surface area contributed by atoms with E-state index in [1.54, 1.807) is 7.11 Å². The maximum Gasteiger partial charge on any atom is 0.220 e. The average molecular weight is 312 g/mol. The SMILES string of the molecule is COc1ccc(C(C)CC(=O)NCCc2ccc(N)cc2)cc1. The molecule has 0 saturated heterocycles. The van der Waals surface area contributed by atoms with Crippen LogP contribution in [0, 0.1) is 0 Å². The second kappa shape index (κ2) is 8.22. The van der Waals surface area contributed by atoms with Crippen LogP contribution in [0.15, 0.2) is 48.5 Å². The van der Waals surface area contributed by atoms with Crippen LogP contribution >= 0.6 is 0 Å². The standard InChI is InChI=1S/C19H24N2O2/c1-14(16-5-9-18(23-2)10-6-16)13-19(22)21-12-11-15-3-7-17(20)8-4-15/h3-10,14H,11-13,20H2,1-2H3,(H,21,22). The molecule has 0 fully saturated rings. The Hall–Kier alpha value is -2.49. The van der Waals surface area contributed by atoms with Gasteiger partial charge in [0, 0.05) is 18.7 Å². The Labute approximate surface area is 137 Å². The van der Waals surface area contributed by atoms with Crippen LogP contribution in [0.25, 0.3) is 0 Å². The lowest BCUT2D eigenvalue weighted by Gasteiger charge is -2.13. The highest BCUT2D eigenvalue weighted by molar-refractivity contribution is 5.76. The number of carbonyl (C=O) groups excluding carboxylic acids is 1. The van der Waals surface area contributed by atoms with Gasteiger partial charge in [-0.05, 0) is 47.7 Å². The number of nitrogens with one attached hydrogen (secondary N) is 1. The number of rotatable bonds is 7. The molecule has 122 valence electrons. The number of carbonyl (C=O) groups is 1. The third-order valence-corrected chi connectivity index (χ3v) is 3.89. The van der Waals surface area contributed by atoms with Crippen LogP contribution in [0.3, 0.4) is 0 Å². The average Bonchev–Trinajstić information content (AvgIpc) is 2.56. The molecular formula is C19H24N2O2. The Morgan fingerprint density at radius 2 is 1.78 bits per heavy atom. The van der Waals surface area contributed by atoms with Crippen LogP contribution < -0.4 is 15.8 Å². The van der Waals surface area contributed by atoms with Crippen molar-refractivity contribution in [1.82, 2.24) is 5.32 Å². The number of ether oxygens (including phenoxy) is 1. The third-order valence-electron chi connectivity index (χ3n) is 3.89. The largest absolute Gasteiger partial charge is 0.497 e. The summed E-state index contributed by atoms with van der Waals surface area (Å²) in [5.41, 5.74) is 8.72. The zero-order valence-electron chi connectivity index (χ0n) is 13.7. The first-order chi connectivity index (χ1) is 11.1. The van der Waals surface area contributed by atoms with Crippen LogP contribution in [0.2, 0.25) is 0 Å². The molecule has 23 heavy (non-hydrogen) atoms. The number of nitrogen functional groups attached to an aromatic ring is 1. The quantitative estimate of drug-likeness (QED) is 0.772. The van der Waals surface area contributed by atoms with Gasteiger partial charge in [0.05, 0.1) is 7.11 Å². The van der Waals surface area contributed by atoms with Crippen LogP contribution in [0.1, 0.15) is 30.4 Å². The number of hydrogen-bond acceptors (Lipinski definition) is 3. The van der Waals surface area contributed by atoms with Gasteiger partial charge in [-0.25, -0.2) is 0 Å². The van der Waals surface area contributed by atoms with E-state index in [1.165, 1.54) is 5.56 Å². The number of benzene rings is 2. The first-order valence-corrected chi connectivity index (χ1v) is 7.83. The van der Waals surface area contributed by atoms with Gasteiger partial charge in [0.2, 0.25) is 5.91 Å². The summed E-state index contributed by atoms with van der Waals surface area (Å²) in [5, 5.41) is 2.97. The first-order valence-electron chi connectivity index (χ1n) is 7.83. The Kier molecular flexibility index (Phi) is 6.03. The number of hydrogen-bond donors (Lipinski definition) is 2. The van der Waals surface area contributed by atoms with Crippen LogP contribution in [-0.4, -0.2) is 19.6 Å². The van der Waals surface area contributed by atoms with Crippen molar-refractivity contribution in [3.8, 4) is 5.75 Å². The highest BCUT2D eigenvalue weighted by atomic mass is 16.5. The van der Waals surface area contributed by atoms with Crippen molar-refractivity contribution in [2.45, 2.75) is 25.7 Å². The van der Waals surface area contributed by atoms with Gasteiger partial charge in [-0.1, -0.05) is 31.2 Å². The molecule has 0 saturated carbocycles. The molecule has 3 N–H and O–H groups in total. The molecule has 0 aliphatic carbocycles. The summed E-state index contributed by atoms with van der Waals surface area (Å²) in [6, 6.07) is 15.6. The molecule has 1 unspecified atom stereocenters. The fourth-order valence-corrected chi connectivity index (χ4v) is 2.43. The summed E-state index contributed by atoms with van der Waals surface area (Å²) in [6.07, 6.45) is 1.29. The van der Waals surface area contributed by atoms with Crippen LogP contribution in [0.5, 0.6) is 5.75 Å². The smallest absolute Gasteiger partial charge is 0.220 e. The van der Waals surface area contributed by atoms with E-state index in [1.807, 2.05) is 48.5 Å². The predicted molar refractivity (Wildman–Crippen MR) is 93.6 cm³/mol. The normalized spacial score (nSPS) is 11.7. The Morgan fingerprint density at radius 1 is 1.13 bits per heavy atom. The highest BCUT2D eigenvalue weighted by Gasteiger charge is 2.11. The van der Waals surface area contributed by atoms with Gasteiger partial charge in [0.1, 0.15) is 5.75 Å². The summed E-state index contributed by atoms with van der Waals surface area (Å²) in [5.74, 6) is 1.08. The summed E-state index contributed by atoms with van der Waals surface area (Å²) in [6.45, 7) is 2.69. The molecular weight excluding hydrogens is 288 g/mol. The summed E-state index contributed by atoms with van der Waals surface area (Å²) < 4.78 is 5.15. The summed E-state index contributed by atoms with van der Waals surface area (Å²) in [4.78, 5) is 12.0. The van der Waals surface area contributed by atoms with Gasteiger partial charge in [0.15, 0.2) is 0 Å². The zero-order valence-corrected chi connectivity index (χ0v) is 13.7. The van der Waals surface area contributed by atoms with Gasteiger partial charge < -0.3 is 15.8 Å². The zero-order chi connectivity index (χ0) is 16.7. The monoisotopic (exact) mass is 312 g/mol. The number of methoxy groups -OCH3 is 1. The summed E-state index contributed by atoms with van der Waals surface area (Å²) in [7, 11) is 1.65. The molecule has 0 spiro atoms. The molecule has 2 rings (SSSR count). The van der Waals surface area contributed by atoms with Gasteiger partial charge in [-0.15, -0.1) is 0 Å². The molecule has 1 amide bonds. The molecule has 4 heteroatoms. The molecule has 0 aliphatic heterocycles. The molecule has 0 aliphatic rings. The van der Waals surface area contributed by atoms with E-state index in [0.717, 1.165) is 23.4 Å². The first kappa shape index (κ1) is 16.9. The molecule has 2 aromatic carbocycles. The van der Waals surface area contributed by atoms with Gasteiger partial charge in [0.25, 0.3) is 0 Å². The fraction of sp³-hybridized carbons (Fsp3) is 0.316. The molecule has 1 atom stereocenters. The molecule has 0 aromatic heterocycles. The van der Waals surface area contributed by atoms with Crippen molar-refractivity contribution in [3.63, 3.8) is 0 Å². The Morgan fingerprint density at radius 3 is 2.39 bits per heavy atom. The van der Waals surface area contributed by atoms with Gasteiger partial charge >= 0.3 is 0 Å². The topological polar surface area (TPSA) is 64.3 Å². The molecule has 2 aromatic rings. The Bertz CT molecular complexity index is 621.